The molecule has 0 amide bonds. The van der Waals surface area contributed by atoms with Crippen molar-refractivity contribution in [2.45, 2.75) is 13.0 Å². The van der Waals surface area contributed by atoms with E-state index in [2.05, 4.69) is 5.43 Å². The van der Waals surface area contributed by atoms with Crippen LogP contribution in [0.4, 0.5) is 8.78 Å². The molecule has 0 bridgehead atoms. The molecule has 0 radical (unpaired) electrons. The largest absolute Gasteiger partial charge is 0.271 e. The fraction of sp³-hybridized carbons (Fsp3) is 0.143. The van der Waals surface area contributed by atoms with E-state index < -0.39 is 17.7 Å². The van der Waals surface area contributed by atoms with Gasteiger partial charge in [-0.25, -0.2) is 14.2 Å². The summed E-state index contributed by atoms with van der Waals surface area (Å²) in [5.74, 6) is 3.63. The zero-order valence-electron chi connectivity index (χ0n) is 10.3. The molecule has 2 aromatic carbocycles. The summed E-state index contributed by atoms with van der Waals surface area (Å²) >= 11 is 6.20. The highest BCUT2D eigenvalue weighted by molar-refractivity contribution is 6.32. The predicted octanol–water partition coefficient (Wildman–Crippen LogP) is 3.48. The monoisotopic (exact) mass is 282 g/mol. The van der Waals surface area contributed by atoms with Crippen LogP contribution in [0.1, 0.15) is 22.7 Å². The Kier molecular flexibility index (Phi) is 4.14. The molecule has 2 aromatic rings. The van der Waals surface area contributed by atoms with Gasteiger partial charge in [-0.2, -0.15) is 0 Å². The van der Waals surface area contributed by atoms with E-state index in [1.165, 1.54) is 12.1 Å². The molecule has 5 heteroatoms. The van der Waals surface area contributed by atoms with Gasteiger partial charge < -0.3 is 0 Å². The van der Waals surface area contributed by atoms with Crippen LogP contribution < -0.4 is 11.3 Å². The van der Waals surface area contributed by atoms with E-state index in [9.17, 15) is 8.78 Å². The molecule has 100 valence electrons. The van der Waals surface area contributed by atoms with Gasteiger partial charge in [0.1, 0.15) is 0 Å². The van der Waals surface area contributed by atoms with E-state index in [0.29, 0.717) is 10.6 Å². The Labute approximate surface area is 115 Å². The van der Waals surface area contributed by atoms with Crippen LogP contribution in [0.3, 0.4) is 0 Å². The van der Waals surface area contributed by atoms with Crippen LogP contribution >= 0.6 is 11.6 Å². The SMILES string of the molecule is Cc1cccc(C(NN)c2cccc(F)c2F)c1Cl. The molecular formula is C14H13ClF2N2. The minimum atomic E-state index is -0.928. The third-order valence-electron chi connectivity index (χ3n) is 2.99. The number of hydrazine groups is 1. The van der Waals surface area contributed by atoms with Crippen molar-refractivity contribution in [1.82, 2.24) is 5.43 Å². The maximum absolute atomic E-state index is 13.8. The number of hydrogen-bond acceptors (Lipinski definition) is 2. The van der Waals surface area contributed by atoms with E-state index in [1.54, 1.807) is 12.1 Å². The summed E-state index contributed by atoms with van der Waals surface area (Å²) in [6.07, 6.45) is 0. The van der Waals surface area contributed by atoms with Gasteiger partial charge in [0.05, 0.1) is 6.04 Å². The summed E-state index contributed by atoms with van der Waals surface area (Å²) in [6, 6.07) is 8.61. The van der Waals surface area contributed by atoms with Gasteiger partial charge in [-0.15, -0.1) is 0 Å². The number of halogens is 3. The fourth-order valence-corrected chi connectivity index (χ4v) is 2.22. The maximum atomic E-state index is 13.8. The summed E-state index contributed by atoms with van der Waals surface area (Å²) in [7, 11) is 0. The summed E-state index contributed by atoms with van der Waals surface area (Å²) < 4.78 is 27.1. The van der Waals surface area contributed by atoms with Gasteiger partial charge in [-0.05, 0) is 24.1 Å². The zero-order chi connectivity index (χ0) is 14.0. The first-order valence-corrected chi connectivity index (χ1v) is 6.09. The standard InChI is InChI=1S/C14H13ClF2N2/c1-8-4-2-5-9(12(8)15)14(19-18)10-6-3-7-11(16)13(10)17/h2-7,14,19H,18H2,1H3. The topological polar surface area (TPSA) is 38.0 Å². The van der Waals surface area contributed by atoms with Crippen LogP contribution in [0.15, 0.2) is 36.4 Å². The van der Waals surface area contributed by atoms with Gasteiger partial charge in [0.2, 0.25) is 0 Å². The molecule has 1 unspecified atom stereocenters. The van der Waals surface area contributed by atoms with E-state index in [-0.39, 0.29) is 5.56 Å². The molecule has 0 fully saturated rings. The average Bonchev–Trinajstić information content (AvgIpc) is 2.40. The van der Waals surface area contributed by atoms with Crippen LogP contribution in [0.2, 0.25) is 5.02 Å². The van der Waals surface area contributed by atoms with Crippen molar-refractivity contribution in [1.29, 1.82) is 0 Å². The Morgan fingerprint density at radius 1 is 1.11 bits per heavy atom. The van der Waals surface area contributed by atoms with Crippen molar-refractivity contribution in [3.05, 3.63) is 69.7 Å². The van der Waals surface area contributed by atoms with E-state index >= 15 is 0 Å². The predicted molar refractivity (Wildman–Crippen MR) is 71.7 cm³/mol. The molecule has 3 N–H and O–H groups in total. The molecule has 2 rings (SSSR count). The molecule has 0 spiro atoms. The normalized spacial score (nSPS) is 12.5. The Bertz CT molecular complexity index is 550. The van der Waals surface area contributed by atoms with Gasteiger partial charge in [0, 0.05) is 10.6 Å². The Balaban J connectivity index is 2.57. The van der Waals surface area contributed by atoms with Gasteiger partial charge in [-0.1, -0.05) is 41.9 Å². The molecule has 0 heterocycles. The Morgan fingerprint density at radius 3 is 2.42 bits per heavy atom. The highest BCUT2D eigenvalue weighted by Crippen LogP contribution is 2.31. The van der Waals surface area contributed by atoms with Crippen molar-refractivity contribution < 1.29 is 8.78 Å². The number of nitrogens with two attached hydrogens (primary N) is 1. The number of aryl methyl sites for hydroxylation is 1. The zero-order valence-corrected chi connectivity index (χ0v) is 11.0. The molecule has 2 nitrogen and oxygen atoms in total. The van der Waals surface area contributed by atoms with Gasteiger partial charge in [0.15, 0.2) is 11.6 Å². The van der Waals surface area contributed by atoms with Crippen molar-refractivity contribution >= 4 is 11.6 Å². The minimum absolute atomic E-state index is 0.120. The second kappa shape index (κ2) is 5.65. The fourth-order valence-electron chi connectivity index (χ4n) is 1.98. The Morgan fingerprint density at radius 2 is 1.74 bits per heavy atom. The van der Waals surface area contributed by atoms with Crippen molar-refractivity contribution in [2.75, 3.05) is 0 Å². The van der Waals surface area contributed by atoms with E-state index in [4.69, 9.17) is 17.4 Å². The van der Waals surface area contributed by atoms with Crippen LogP contribution in [0.25, 0.3) is 0 Å². The minimum Gasteiger partial charge on any atom is -0.271 e. The summed E-state index contributed by atoms with van der Waals surface area (Å²) in [4.78, 5) is 0. The van der Waals surface area contributed by atoms with Gasteiger partial charge >= 0.3 is 0 Å². The summed E-state index contributed by atoms with van der Waals surface area (Å²) in [6.45, 7) is 1.83. The van der Waals surface area contributed by atoms with Crippen LogP contribution in [0, 0.1) is 18.6 Å². The molecule has 0 aliphatic rings. The van der Waals surface area contributed by atoms with Gasteiger partial charge in [-0.3, -0.25) is 5.84 Å². The molecule has 0 saturated heterocycles. The second-order valence-corrected chi connectivity index (χ2v) is 4.60. The maximum Gasteiger partial charge on any atom is 0.163 e. The second-order valence-electron chi connectivity index (χ2n) is 4.22. The lowest BCUT2D eigenvalue weighted by Crippen LogP contribution is -2.30. The highest BCUT2D eigenvalue weighted by Gasteiger charge is 2.21. The molecule has 0 aliphatic carbocycles. The van der Waals surface area contributed by atoms with Crippen molar-refractivity contribution in [3.8, 4) is 0 Å². The third-order valence-corrected chi connectivity index (χ3v) is 3.51. The lowest BCUT2D eigenvalue weighted by Gasteiger charge is -2.19. The Hall–Kier alpha value is -1.49. The first kappa shape index (κ1) is 13.9. The third kappa shape index (κ3) is 2.61. The average molecular weight is 283 g/mol. The van der Waals surface area contributed by atoms with Crippen molar-refractivity contribution in [3.63, 3.8) is 0 Å². The molecule has 0 saturated carbocycles. The lowest BCUT2D eigenvalue weighted by atomic mass is 9.97. The van der Waals surface area contributed by atoms with Crippen LogP contribution in [-0.4, -0.2) is 0 Å². The molecular weight excluding hydrogens is 270 g/mol. The first-order chi connectivity index (χ1) is 9.06. The number of benzene rings is 2. The quantitative estimate of drug-likeness (QED) is 0.668. The van der Waals surface area contributed by atoms with Gasteiger partial charge in [0.25, 0.3) is 0 Å². The van der Waals surface area contributed by atoms with Crippen LogP contribution in [0.5, 0.6) is 0 Å². The first-order valence-electron chi connectivity index (χ1n) is 5.71. The lowest BCUT2D eigenvalue weighted by molar-refractivity contribution is 0.483. The van der Waals surface area contributed by atoms with Crippen LogP contribution in [-0.2, 0) is 0 Å². The summed E-state index contributed by atoms with van der Waals surface area (Å²) in [5.41, 5.74) is 4.05. The molecule has 0 aliphatic heterocycles. The smallest absolute Gasteiger partial charge is 0.163 e. The number of hydrogen-bond donors (Lipinski definition) is 2. The van der Waals surface area contributed by atoms with E-state index in [0.717, 1.165) is 11.6 Å². The molecule has 0 aromatic heterocycles. The summed E-state index contributed by atoms with van der Waals surface area (Å²) in [5, 5.41) is 0.481. The molecule has 1 atom stereocenters. The number of nitrogens with one attached hydrogen (secondary N) is 1. The number of rotatable bonds is 3. The molecule has 19 heavy (non-hydrogen) atoms. The van der Waals surface area contributed by atoms with Crippen molar-refractivity contribution in [2.24, 2.45) is 5.84 Å². The highest BCUT2D eigenvalue weighted by atomic mass is 35.5. The van der Waals surface area contributed by atoms with E-state index in [1.807, 2.05) is 13.0 Å².